The van der Waals surface area contributed by atoms with Gasteiger partial charge in [0.1, 0.15) is 5.75 Å². The molecule has 22 heavy (non-hydrogen) atoms. The monoisotopic (exact) mass is 359 g/mol. The van der Waals surface area contributed by atoms with Crippen LogP contribution in [0.4, 0.5) is 0 Å². The Balaban J connectivity index is 1.61. The van der Waals surface area contributed by atoms with Crippen LogP contribution in [0, 0.1) is 0 Å². The molecule has 0 saturated carbocycles. The fourth-order valence-corrected chi connectivity index (χ4v) is 3.03. The standard InChI is InChI=1S/C18H18BrNO2/c1-12(22-15-9-7-14(19)8-10-15)18(21)20-17-11-6-13-4-2-3-5-16(13)17/h2-5,7-10,12,17H,6,11H2,1H3,(H,20,21)/t12-,17-/m1/s1. The largest absolute Gasteiger partial charge is 0.481 e. The second-order valence-corrected chi connectivity index (χ2v) is 6.43. The SMILES string of the molecule is C[C@@H](Oc1ccc(Br)cc1)C(=O)N[C@@H]1CCc2ccccc21. The number of aryl methyl sites for hydroxylation is 1. The van der Waals surface area contributed by atoms with Gasteiger partial charge < -0.3 is 10.1 Å². The maximum absolute atomic E-state index is 12.3. The lowest BCUT2D eigenvalue weighted by Gasteiger charge is -2.19. The first-order valence-corrected chi connectivity index (χ1v) is 8.23. The molecule has 1 amide bonds. The predicted molar refractivity (Wildman–Crippen MR) is 89.9 cm³/mol. The zero-order valence-corrected chi connectivity index (χ0v) is 14.0. The van der Waals surface area contributed by atoms with E-state index in [9.17, 15) is 4.79 Å². The number of halogens is 1. The molecule has 0 fully saturated rings. The highest BCUT2D eigenvalue weighted by Gasteiger charge is 2.25. The van der Waals surface area contributed by atoms with Crippen LogP contribution in [-0.2, 0) is 11.2 Å². The summed E-state index contributed by atoms with van der Waals surface area (Å²) in [4.78, 5) is 12.3. The van der Waals surface area contributed by atoms with Gasteiger partial charge in [-0.3, -0.25) is 4.79 Å². The van der Waals surface area contributed by atoms with Crippen LogP contribution in [0.25, 0.3) is 0 Å². The molecule has 0 bridgehead atoms. The topological polar surface area (TPSA) is 38.3 Å². The first kappa shape index (κ1) is 15.1. The predicted octanol–water partition coefficient (Wildman–Crippen LogP) is 4.02. The van der Waals surface area contributed by atoms with Gasteiger partial charge >= 0.3 is 0 Å². The maximum atomic E-state index is 12.3. The summed E-state index contributed by atoms with van der Waals surface area (Å²) < 4.78 is 6.68. The highest BCUT2D eigenvalue weighted by atomic mass is 79.9. The second-order valence-electron chi connectivity index (χ2n) is 5.51. The lowest BCUT2D eigenvalue weighted by Crippen LogP contribution is -2.38. The fourth-order valence-electron chi connectivity index (χ4n) is 2.77. The molecule has 0 unspecified atom stereocenters. The van der Waals surface area contributed by atoms with Gasteiger partial charge in [0.2, 0.25) is 0 Å². The number of amides is 1. The molecule has 0 saturated heterocycles. The van der Waals surface area contributed by atoms with E-state index < -0.39 is 6.10 Å². The van der Waals surface area contributed by atoms with Crippen molar-refractivity contribution in [2.45, 2.75) is 31.9 Å². The average Bonchev–Trinajstić information content (AvgIpc) is 2.93. The molecule has 3 rings (SSSR count). The van der Waals surface area contributed by atoms with E-state index >= 15 is 0 Å². The summed E-state index contributed by atoms with van der Waals surface area (Å²) in [6, 6.07) is 15.9. The average molecular weight is 360 g/mol. The molecule has 0 radical (unpaired) electrons. The summed E-state index contributed by atoms with van der Waals surface area (Å²) in [6.07, 6.45) is 1.45. The first-order chi connectivity index (χ1) is 10.6. The lowest BCUT2D eigenvalue weighted by molar-refractivity contribution is -0.128. The van der Waals surface area contributed by atoms with Gasteiger partial charge in [-0.1, -0.05) is 40.2 Å². The van der Waals surface area contributed by atoms with Crippen molar-refractivity contribution in [2.75, 3.05) is 0 Å². The second kappa shape index (κ2) is 6.53. The smallest absolute Gasteiger partial charge is 0.261 e. The van der Waals surface area contributed by atoms with Crippen LogP contribution in [-0.4, -0.2) is 12.0 Å². The third kappa shape index (κ3) is 3.33. The molecule has 0 spiro atoms. The maximum Gasteiger partial charge on any atom is 0.261 e. The summed E-state index contributed by atoms with van der Waals surface area (Å²) in [6.45, 7) is 1.78. The molecule has 114 valence electrons. The Morgan fingerprint density at radius 3 is 2.73 bits per heavy atom. The molecule has 2 aromatic carbocycles. The molecule has 0 aromatic heterocycles. The van der Waals surface area contributed by atoms with Gasteiger partial charge in [-0.05, 0) is 55.2 Å². The quantitative estimate of drug-likeness (QED) is 0.895. The fraction of sp³-hybridized carbons (Fsp3) is 0.278. The molecule has 0 heterocycles. The number of ether oxygens (including phenoxy) is 1. The van der Waals surface area contributed by atoms with Crippen molar-refractivity contribution in [1.29, 1.82) is 0 Å². The van der Waals surface area contributed by atoms with Gasteiger partial charge in [0.05, 0.1) is 6.04 Å². The highest BCUT2D eigenvalue weighted by molar-refractivity contribution is 9.10. The van der Waals surface area contributed by atoms with E-state index in [0.29, 0.717) is 5.75 Å². The van der Waals surface area contributed by atoms with Crippen molar-refractivity contribution in [3.63, 3.8) is 0 Å². The highest BCUT2D eigenvalue weighted by Crippen LogP contribution is 2.30. The van der Waals surface area contributed by atoms with E-state index in [-0.39, 0.29) is 11.9 Å². The zero-order chi connectivity index (χ0) is 15.5. The third-order valence-corrected chi connectivity index (χ3v) is 4.47. The molecule has 0 aliphatic heterocycles. The molecule has 1 aliphatic rings. The van der Waals surface area contributed by atoms with Crippen molar-refractivity contribution < 1.29 is 9.53 Å². The first-order valence-electron chi connectivity index (χ1n) is 7.44. The van der Waals surface area contributed by atoms with E-state index in [1.807, 2.05) is 36.4 Å². The number of rotatable bonds is 4. The van der Waals surface area contributed by atoms with Gasteiger partial charge in [-0.15, -0.1) is 0 Å². The van der Waals surface area contributed by atoms with E-state index in [1.54, 1.807) is 6.92 Å². The Morgan fingerprint density at radius 1 is 1.23 bits per heavy atom. The Hall–Kier alpha value is -1.81. The molecular weight excluding hydrogens is 342 g/mol. The van der Waals surface area contributed by atoms with E-state index in [4.69, 9.17) is 4.74 Å². The number of benzene rings is 2. The number of hydrogen-bond donors (Lipinski definition) is 1. The third-order valence-electron chi connectivity index (χ3n) is 3.95. The summed E-state index contributed by atoms with van der Waals surface area (Å²) in [5, 5.41) is 3.09. The number of carbonyl (C=O) groups excluding carboxylic acids is 1. The molecule has 3 nitrogen and oxygen atoms in total. The van der Waals surface area contributed by atoms with Gasteiger partial charge in [0.15, 0.2) is 6.10 Å². The lowest BCUT2D eigenvalue weighted by atomic mass is 10.1. The normalized spacial score (nSPS) is 17.6. The van der Waals surface area contributed by atoms with E-state index in [0.717, 1.165) is 17.3 Å². The minimum absolute atomic E-state index is 0.0791. The van der Waals surface area contributed by atoms with Crippen LogP contribution in [0.1, 0.15) is 30.5 Å². The number of fused-ring (bicyclic) bond motifs is 1. The minimum Gasteiger partial charge on any atom is -0.481 e. The van der Waals surface area contributed by atoms with Crippen LogP contribution >= 0.6 is 15.9 Å². The van der Waals surface area contributed by atoms with Crippen molar-refractivity contribution >= 4 is 21.8 Å². The van der Waals surface area contributed by atoms with Crippen molar-refractivity contribution in [1.82, 2.24) is 5.32 Å². The van der Waals surface area contributed by atoms with Crippen LogP contribution in [0.15, 0.2) is 53.0 Å². The summed E-state index contributed by atoms with van der Waals surface area (Å²) in [5.41, 5.74) is 2.56. The minimum atomic E-state index is -0.520. The van der Waals surface area contributed by atoms with Crippen molar-refractivity contribution in [3.8, 4) is 5.75 Å². The van der Waals surface area contributed by atoms with Crippen molar-refractivity contribution in [2.24, 2.45) is 0 Å². The summed E-state index contributed by atoms with van der Waals surface area (Å²) in [5.74, 6) is 0.613. The van der Waals surface area contributed by atoms with Gasteiger partial charge in [-0.2, -0.15) is 0 Å². The molecule has 1 aliphatic carbocycles. The summed E-state index contributed by atoms with van der Waals surface area (Å²) >= 11 is 3.38. The number of carbonyl (C=O) groups is 1. The number of hydrogen-bond acceptors (Lipinski definition) is 2. The Labute approximate surface area is 138 Å². The van der Waals surface area contributed by atoms with Crippen molar-refractivity contribution in [3.05, 3.63) is 64.1 Å². The van der Waals surface area contributed by atoms with E-state index in [1.165, 1.54) is 11.1 Å². The Bertz CT molecular complexity index is 669. The van der Waals surface area contributed by atoms with E-state index in [2.05, 4.69) is 33.4 Å². The molecule has 1 N–H and O–H groups in total. The zero-order valence-electron chi connectivity index (χ0n) is 12.4. The van der Waals surface area contributed by atoms with Gasteiger partial charge in [0, 0.05) is 4.47 Å². The molecule has 4 heteroatoms. The van der Waals surface area contributed by atoms with Crippen LogP contribution in [0.3, 0.4) is 0 Å². The Kier molecular flexibility index (Phi) is 4.48. The van der Waals surface area contributed by atoms with Gasteiger partial charge in [-0.25, -0.2) is 0 Å². The molecular formula is C18H18BrNO2. The molecule has 2 atom stereocenters. The van der Waals surface area contributed by atoms with Crippen LogP contribution in [0.5, 0.6) is 5.75 Å². The Morgan fingerprint density at radius 2 is 1.95 bits per heavy atom. The van der Waals surface area contributed by atoms with Gasteiger partial charge in [0.25, 0.3) is 5.91 Å². The van der Waals surface area contributed by atoms with Crippen LogP contribution in [0.2, 0.25) is 0 Å². The molecule has 2 aromatic rings. The number of nitrogens with one attached hydrogen (secondary N) is 1. The summed E-state index contributed by atoms with van der Waals surface area (Å²) in [7, 11) is 0. The van der Waals surface area contributed by atoms with Crippen LogP contribution < -0.4 is 10.1 Å².